The van der Waals surface area contributed by atoms with E-state index in [2.05, 4.69) is 16.3 Å². The van der Waals surface area contributed by atoms with Crippen molar-refractivity contribution in [3.63, 3.8) is 0 Å². The van der Waals surface area contributed by atoms with E-state index >= 15 is 0 Å². The van der Waals surface area contributed by atoms with Gasteiger partial charge < -0.3 is 10.2 Å². The molecule has 1 aliphatic carbocycles. The molecule has 1 saturated carbocycles. The molecule has 140 valence electrons. The van der Waals surface area contributed by atoms with Gasteiger partial charge in [0.1, 0.15) is 10.7 Å². The Morgan fingerprint density at radius 3 is 2.74 bits per heavy atom. The highest BCUT2D eigenvalue weighted by Gasteiger charge is 2.46. The minimum atomic E-state index is -0.00457. The molecule has 1 amide bonds. The third kappa shape index (κ3) is 3.67. The minimum Gasteiger partial charge on any atom is -0.343 e. The molecular weight excluding hydrogens is 401 g/mol. The number of amides is 1. The summed E-state index contributed by atoms with van der Waals surface area (Å²) in [6.07, 6.45) is 9.58. The van der Waals surface area contributed by atoms with Gasteiger partial charge in [0.25, 0.3) is 5.91 Å². The van der Waals surface area contributed by atoms with Crippen molar-refractivity contribution in [1.29, 1.82) is 0 Å². The number of thiazole rings is 1. The van der Waals surface area contributed by atoms with Crippen LogP contribution >= 0.6 is 34.5 Å². The molecule has 2 aromatic rings. The van der Waals surface area contributed by atoms with Crippen LogP contribution in [0.2, 0.25) is 10.0 Å². The number of nitrogens with zero attached hydrogens (tertiary/aromatic N) is 2. The van der Waals surface area contributed by atoms with Crippen molar-refractivity contribution in [2.75, 3.05) is 13.1 Å². The molecule has 0 radical (unpaired) electrons. The predicted molar refractivity (Wildman–Crippen MR) is 110 cm³/mol. The maximum atomic E-state index is 12.8. The summed E-state index contributed by atoms with van der Waals surface area (Å²) in [7, 11) is 0. The molecule has 4 rings (SSSR count). The Hall–Kier alpha value is -1.74. The van der Waals surface area contributed by atoms with Crippen LogP contribution in [-0.4, -0.2) is 34.9 Å². The molecule has 2 heterocycles. The molecule has 0 unspecified atom stereocenters. The zero-order valence-corrected chi connectivity index (χ0v) is 17.0. The quantitative estimate of drug-likeness (QED) is 0.579. The second-order valence-corrected chi connectivity index (χ2v) is 9.05. The number of nitrogens with one attached hydrogen (secondary N) is 1. The molecular formula is C20H19Cl2N3OS. The van der Waals surface area contributed by atoms with Gasteiger partial charge >= 0.3 is 0 Å². The smallest absolute Gasteiger partial charge is 0.273 e. The van der Waals surface area contributed by atoms with Crippen LogP contribution in [0.5, 0.6) is 0 Å². The number of carbonyl (C=O) groups excluding carboxylic acids is 1. The van der Waals surface area contributed by atoms with Gasteiger partial charge in [-0.25, -0.2) is 4.98 Å². The lowest BCUT2D eigenvalue weighted by Crippen LogP contribution is -2.53. The SMILES string of the molecule is C#CNC1CC2(CCN(C(=O)c3csc(-c4ccc(Cl)cc4Cl)n3)CC2)C1. The molecule has 1 N–H and O–H groups in total. The third-order valence-corrected chi connectivity index (χ3v) is 7.07. The van der Waals surface area contributed by atoms with Crippen LogP contribution in [0.1, 0.15) is 36.2 Å². The van der Waals surface area contributed by atoms with Crippen LogP contribution in [-0.2, 0) is 0 Å². The van der Waals surface area contributed by atoms with Gasteiger partial charge in [-0.2, -0.15) is 0 Å². The van der Waals surface area contributed by atoms with E-state index in [9.17, 15) is 4.79 Å². The molecule has 1 aromatic carbocycles. The van der Waals surface area contributed by atoms with Crippen molar-refractivity contribution in [1.82, 2.24) is 15.2 Å². The summed E-state index contributed by atoms with van der Waals surface area (Å²) in [6.45, 7) is 1.55. The summed E-state index contributed by atoms with van der Waals surface area (Å²) >= 11 is 13.6. The second-order valence-electron chi connectivity index (χ2n) is 7.35. The molecule has 1 aromatic heterocycles. The Morgan fingerprint density at radius 2 is 2.07 bits per heavy atom. The fraction of sp³-hybridized carbons (Fsp3) is 0.400. The highest BCUT2D eigenvalue weighted by molar-refractivity contribution is 7.13. The average molecular weight is 420 g/mol. The topological polar surface area (TPSA) is 45.2 Å². The minimum absolute atomic E-state index is 0.00457. The first-order valence-electron chi connectivity index (χ1n) is 8.91. The van der Waals surface area contributed by atoms with Gasteiger partial charge in [-0.05, 0) is 49.3 Å². The zero-order chi connectivity index (χ0) is 19.0. The highest BCUT2D eigenvalue weighted by atomic mass is 35.5. The van der Waals surface area contributed by atoms with Crippen molar-refractivity contribution in [2.24, 2.45) is 5.41 Å². The molecule has 1 spiro atoms. The van der Waals surface area contributed by atoms with Crippen LogP contribution in [0.3, 0.4) is 0 Å². The highest BCUT2D eigenvalue weighted by Crippen LogP contribution is 2.49. The van der Waals surface area contributed by atoms with Crippen molar-refractivity contribution < 1.29 is 4.79 Å². The first kappa shape index (κ1) is 18.6. The number of hydrogen-bond acceptors (Lipinski definition) is 4. The molecule has 7 heteroatoms. The molecule has 0 atom stereocenters. The summed E-state index contributed by atoms with van der Waals surface area (Å²) in [5.41, 5.74) is 1.64. The molecule has 1 aliphatic heterocycles. The normalized spacial score (nSPS) is 18.8. The molecule has 27 heavy (non-hydrogen) atoms. The van der Waals surface area contributed by atoms with Gasteiger partial charge in [-0.3, -0.25) is 4.79 Å². The van der Waals surface area contributed by atoms with Crippen LogP contribution in [0, 0.1) is 17.9 Å². The lowest BCUT2D eigenvalue weighted by molar-refractivity contribution is 0.0119. The molecule has 0 bridgehead atoms. The van der Waals surface area contributed by atoms with Gasteiger partial charge in [0.05, 0.1) is 5.02 Å². The zero-order valence-electron chi connectivity index (χ0n) is 14.7. The number of hydrogen-bond donors (Lipinski definition) is 1. The Bertz CT molecular complexity index is 904. The van der Waals surface area contributed by atoms with E-state index < -0.39 is 0 Å². The Kier molecular flexibility index (Phi) is 5.07. The van der Waals surface area contributed by atoms with Gasteiger partial charge in [-0.1, -0.05) is 29.6 Å². The number of benzene rings is 1. The van der Waals surface area contributed by atoms with Crippen LogP contribution in [0.15, 0.2) is 23.6 Å². The molecule has 2 aliphatic rings. The van der Waals surface area contributed by atoms with E-state index in [1.54, 1.807) is 12.1 Å². The number of halogens is 2. The second kappa shape index (κ2) is 7.35. The van der Waals surface area contributed by atoms with E-state index in [0.29, 0.717) is 27.2 Å². The Labute approximate surface area is 172 Å². The first-order valence-corrected chi connectivity index (χ1v) is 10.5. The number of rotatable bonds is 3. The fourth-order valence-corrected chi connectivity index (χ4v) is 5.51. The van der Waals surface area contributed by atoms with Gasteiger partial charge in [-0.15, -0.1) is 11.3 Å². The van der Waals surface area contributed by atoms with Gasteiger partial charge in [0.15, 0.2) is 0 Å². The average Bonchev–Trinajstić information content (AvgIpc) is 3.10. The van der Waals surface area contributed by atoms with E-state index in [4.69, 9.17) is 29.6 Å². The van der Waals surface area contributed by atoms with Crippen molar-refractivity contribution >= 4 is 40.4 Å². The standard InChI is InChI=1S/C20H19Cl2N3OS/c1-2-23-14-10-20(11-14)5-7-25(8-6-20)19(26)17-12-27-18(24-17)15-4-3-13(21)9-16(15)22/h1,3-4,9,12,14,23H,5-8,10-11H2. The fourth-order valence-electron chi connectivity index (χ4n) is 4.12. The van der Waals surface area contributed by atoms with Crippen LogP contribution < -0.4 is 5.32 Å². The van der Waals surface area contributed by atoms with Crippen molar-refractivity contribution in [3.8, 4) is 23.0 Å². The predicted octanol–water partition coefficient (Wildman–Crippen LogP) is 4.68. The first-order chi connectivity index (χ1) is 13.0. The summed E-state index contributed by atoms with van der Waals surface area (Å²) in [5.74, 6) is -0.00457. The van der Waals surface area contributed by atoms with Crippen LogP contribution in [0.4, 0.5) is 0 Å². The number of aromatic nitrogens is 1. The number of likely N-dealkylation sites (tertiary alicyclic amines) is 1. The largest absolute Gasteiger partial charge is 0.343 e. The van der Waals surface area contributed by atoms with Gasteiger partial charge in [0.2, 0.25) is 0 Å². The van der Waals surface area contributed by atoms with E-state index in [1.807, 2.05) is 16.3 Å². The third-order valence-electron chi connectivity index (χ3n) is 5.64. The maximum Gasteiger partial charge on any atom is 0.273 e. The molecule has 2 fully saturated rings. The van der Waals surface area contributed by atoms with Crippen molar-refractivity contribution in [3.05, 3.63) is 39.3 Å². The van der Waals surface area contributed by atoms with Gasteiger partial charge in [0, 0.05) is 41.1 Å². The summed E-state index contributed by atoms with van der Waals surface area (Å²) < 4.78 is 0. The van der Waals surface area contributed by atoms with Crippen LogP contribution in [0.25, 0.3) is 10.6 Å². The molecule has 1 saturated heterocycles. The lowest BCUT2D eigenvalue weighted by Gasteiger charge is -2.51. The summed E-state index contributed by atoms with van der Waals surface area (Å²) in [6, 6.07) is 8.25. The number of piperidine rings is 1. The lowest BCUT2D eigenvalue weighted by atomic mass is 9.60. The van der Waals surface area contributed by atoms with E-state index in [-0.39, 0.29) is 5.91 Å². The summed E-state index contributed by atoms with van der Waals surface area (Å²) in [5, 5.41) is 6.72. The Morgan fingerprint density at radius 1 is 1.33 bits per heavy atom. The van der Waals surface area contributed by atoms with E-state index in [0.717, 1.165) is 49.3 Å². The van der Waals surface area contributed by atoms with E-state index in [1.165, 1.54) is 11.3 Å². The number of terminal acetylenes is 1. The Balaban J connectivity index is 1.40. The monoisotopic (exact) mass is 419 g/mol. The summed E-state index contributed by atoms with van der Waals surface area (Å²) in [4.78, 5) is 19.3. The maximum absolute atomic E-state index is 12.8. The van der Waals surface area contributed by atoms with Crippen molar-refractivity contribution in [2.45, 2.75) is 31.7 Å². The number of carbonyl (C=O) groups is 1. The molecule has 4 nitrogen and oxygen atoms in total.